The summed E-state index contributed by atoms with van der Waals surface area (Å²) in [6.45, 7) is 3.41. The van der Waals surface area contributed by atoms with E-state index in [0.717, 1.165) is 25.7 Å². The Morgan fingerprint density at radius 1 is 1.24 bits per heavy atom. The second-order valence-electron chi connectivity index (χ2n) is 6.27. The van der Waals surface area contributed by atoms with E-state index in [1.54, 1.807) is 12.0 Å². The molecule has 0 aromatic carbocycles. The van der Waals surface area contributed by atoms with Crippen LogP contribution in [0, 0.1) is 11.8 Å². The first kappa shape index (κ1) is 16.1. The molecular formula is C15H26N2O4. The Labute approximate surface area is 125 Å². The molecule has 1 saturated heterocycles. The lowest BCUT2D eigenvalue weighted by molar-refractivity contribution is -0.143. The molecule has 2 rings (SSSR count). The monoisotopic (exact) mass is 298 g/mol. The maximum atomic E-state index is 12.4. The predicted molar refractivity (Wildman–Crippen MR) is 78.1 cm³/mol. The number of nitrogens with one attached hydrogen (secondary N) is 1. The molecule has 2 amide bonds. The molecule has 0 radical (unpaired) electrons. The molecule has 1 saturated carbocycles. The number of carbonyl (C=O) groups is 2. The van der Waals surface area contributed by atoms with Gasteiger partial charge in [-0.05, 0) is 25.2 Å². The summed E-state index contributed by atoms with van der Waals surface area (Å²) in [4.78, 5) is 25.4. The van der Waals surface area contributed by atoms with Gasteiger partial charge in [0.25, 0.3) is 0 Å². The van der Waals surface area contributed by atoms with Crippen molar-refractivity contribution in [2.45, 2.75) is 51.2 Å². The van der Waals surface area contributed by atoms with E-state index in [9.17, 15) is 14.7 Å². The quantitative estimate of drug-likeness (QED) is 0.831. The number of hydrogen-bond acceptors (Lipinski definition) is 3. The minimum atomic E-state index is -0.804. The van der Waals surface area contributed by atoms with Crippen molar-refractivity contribution in [3.63, 3.8) is 0 Å². The lowest BCUT2D eigenvalue weighted by Gasteiger charge is -2.38. The molecule has 2 aliphatic rings. The van der Waals surface area contributed by atoms with Crippen molar-refractivity contribution in [1.29, 1.82) is 0 Å². The number of urea groups is 1. The molecule has 4 atom stereocenters. The number of rotatable bonds is 3. The van der Waals surface area contributed by atoms with E-state index in [-0.39, 0.29) is 18.2 Å². The molecule has 1 aliphatic heterocycles. The summed E-state index contributed by atoms with van der Waals surface area (Å²) < 4.78 is 5.42. The fourth-order valence-corrected chi connectivity index (χ4v) is 3.37. The van der Waals surface area contributed by atoms with E-state index < -0.39 is 11.9 Å². The Bertz CT molecular complexity index is 388. The van der Waals surface area contributed by atoms with E-state index in [2.05, 4.69) is 12.2 Å². The van der Waals surface area contributed by atoms with Gasteiger partial charge in [-0.1, -0.05) is 19.8 Å². The SMILES string of the molecule is COC1CN(C(=O)NC2CCCCC2C(=O)O)CCC1C. The van der Waals surface area contributed by atoms with E-state index in [1.807, 2.05) is 0 Å². The van der Waals surface area contributed by atoms with Gasteiger partial charge in [-0.2, -0.15) is 0 Å². The topological polar surface area (TPSA) is 78.9 Å². The van der Waals surface area contributed by atoms with Crippen molar-refractivity contribution >= 4 is 12.0 Å². The number of carboxylic acid groups (broad SMARTS) is 1. The van der Waals surface area contributed by atoms with Crippen molar-refractivity contribution in [3.8, 4) is 0 Å². The van der Waals surface area contributed by atoms with Gasteiger partial charge in [0.1, 0.15) is 0 Å². The number of amides is 2. The van der Waals surface area contributed by atoms with E-state index >= 15 is 0 Å². The van der Waals surface area contributed by atoms with Crippen LogP contribution in [0.25, 0.3) is 0 Å². The smallest absolute Gasteiger partial charge is 0.317 e. The molecule has 0 aromatic rings. The maximum absolute atomic E-state index is 12.4. The number of carbonyl (C=O) groups excluding carboxylic acids is 1. The highest BCUT2D eigenvalue weighted by atomic mass is 16.5. The molecule has 6 nitrogen and oxygen atoms in total. The second kappa shape index (κ2) is 7.11. The number of piperidine rings is 1. The summed E-state index contributed by atoms with van der Waals surface area (Å²) in [5.74, 6) is -0.813. The third kappa shape index (κ3) is 3.87. The summed E-state index contributed by atoms with van der Waals surface area (Å²) in [6.07, 6.45) is 4.28. The summed E-state index contributed by atoms with van der Waals surface area (Å²) in [6, 6.07) is -0.397. The highest BCUT2D eigenvalue weighted by molar-refractivity contribution is 5.77. The summed E-state index contributed by atoms with van der Waals surface area (Å²) in [7, 11) is 1.67. The molecule has 1 heterocycles. The van der Waals surface area contributed by atoms with Gasteiger partial charge in [0.2, 0.25) is 0 Å². The highest BCUT2D eigenvalue weighted by Gasteiger charge is 2.34. The zero-order valence-corrected chi connectivity index (χ0v) is 12.9. The van der Waals surface area contributed by atoms with E-state index in [0.29, 0.717) is 25.4 Å². The van der Waals surface area contributed by atoms with Crippen molar-refractivity contribution in [2.75, 3.05) is 20.2 Å². The molecule has 0 spiro atoms. The van der Waals surface area contributed by atoms with Gasteiger partial charge in [-0.15, -0.1) is 0 Å². The maximum Gasteiger partial charge on any atom is 0.317 e. The van der Waals surface area contributed by atoms with Gasteiger partial charge >= 0.3 is 12.0 Å². The number of methoxy groups -OCH3 is 1. The lowest BCUT2D eigenvalue weighted by Crippen LogP contribution is -2.54. The van der Waals surface area contributed by atoms with Gasteiger partial charge in [-0.25, -0.2) is 4.79 Å². The number of carboxylic acids is 1. The van der Waals surface area contributed by atoms with Crippen LogP contribution < -0.4 is 5.32 Å². The van der Waals surface area contributed by atoms with Crippen LogP contribution >= 0.6 is 0 Å². The third-order valence-electron chi connectivity index (χ3n) is 4.87. The van der Waals surface area contributed by atoms with Crippen LogP contribution in [0.5, 0.6) is 0 Å². The Kier molecular flexibility index (Phi) is 5.45. The molecule has 0 aromatic heterocycles. The predicted octanol–water partition coefficient (Wildman–Crippen LogP) is 1.70. The number of ether oxygens (including phenoxy) is 1. The standard InChI is InChI=1S/C15H26N2O4/c1-10-7-8-17(9-13(10)21-2)15(20)16-12-6-4-3-5-11(12)14(18)19/h10-13H,3-9H2,1-2H3,(H,16,20)(H,18,19). The summed E-state index contributed by atoms with van der Waals surface area (Å²) in [5.41, 5.74) is 0. The number of likely N-dealkylation sites (tertiary alicyclic amines) is 1. The van der Waals surface area contributed by atoms with Crippen LogP contribution in [0.2, 0.25) is 0 Å². The minimum Gasteiger partial charge on any atom is -0.481 e. The molecule has 120 valence electrons. The van der Waals surface area contributed by atoms with Crippen molar-refractivity contribution in [1.82, 2.24) is 10.2 Å². The molecule has 1 aliphatic carbocycles. The number of hydrogen-bond donors (Lipinski definition) is 2. The summed E-state index contributed by atoms with van der Waals surface area (Å²) >= 11 is 0. The van der Waals surface area contributed by atoms with Crippen molar-refractivity contribution in [2.24, 2.45) is 11.8 Å². The zero-order valence-electron chi connectivity index (χ0n) is 12.9. The molecular weight excluding hydrogens is 272 g/mol. The Hall–Kier alpha value is -1.30. The Morgan fingerprint density at radius 3 is 2.62 bits per heavy atom. The van der Waals surface area contributed by atoms with Crippen molar-refractivity contribution in [3.05, 3.63) is 0 Å². The highest BCUT2D eigenvalue weighted by Crippen LogP contribution is 2.25. The third-order valence-corrected chi connectivity index (χ3v) is 4.87. The minimum absolute atomic E-state index is 0.0612. The largest absolute Gasteiger partial charge is 0.481 e. The Balaban J connectivity index is 1.92. The first-order valence-electron chi connectivity index (χ1n) is 7.84. The number of nitrogens with zero attached hydrogens (tertiary/aromatic N) is 1. The first-order chi connectivity index (χ1) is 10.0. The van der Waals surface area contributed by atoms with Crippen LogP contribution in [0.15, 0.2) is 0 Å². The van der Waals surface area contributed by atoms with Crippen molar-refractivity contribution < 1.29 is 19.4 Å². The summed E-state index contributed by atoms with van der Waals surface area (Å²) in [5, 5.41) is 12.2. The fourth-order valence-electron chi connectivity index (χ4n) is 3.37. The molecule has 0 bridgehead atoms. The molecule has 2 fully saturated rings. The van der Waals surface area contributed by atoms with Crippen LogP contribution in [-0.4, -0.2) is 54.4 Å². The van der Waals surface area contributed by atoms with Gasteiger partial charge in [0, 0.05) is 26.2 Å². The van der Waals surface area contributed by atoms with E-state index in [1.165, 1.54) is 0 Å². The molecule has 4 unspecified atom stereocenters. The fraction of sp³-hybridized carbons (Fsp3) is 0.867. The average molecular weight is 298 g/mol. The molecule has 2 N–H and O–H groups in total. The molecule has 6 heteroatoms. The Morgan fingerprint density at radius 2 is 1.95 bits per heavy atom. The normalized spacial score (nSPS) is 33.5. The van der Waals surface area contributed by atoms with Gasteiger partial charge < -0.3 is 20.1 Å². The van der Waals surface area contributed by atoms with Crippen LogP contribution in [0.1, 0.15) is 39.0 Å². The van der Waals surface area contributed by atoms with Gasteiger partial charge in [0.15, 0.2) is 0 Å². The number of aliphatic carboxylic acids is 1. The van der Waals surface area contributed by atoms with E-state index in [4.69, 9.17) is 4.74 Å². The average Bonchev–Trinajstić information content (AvgIpc) is 2.48. The zero-order chi connectivity index (χ0) is 15.4. The molecule has 21 heavy (non-hydrogen) atoms. The van der Waals surface area contributed by atoms with Crippen LogP contribution in [-0.2, 0) is 9.53 Å². The second-order valence-corrected chi connectivity index (χ2v) is 6.27. The van der Waals surface area contributed by atoms with Crippen LogP contribution in [0.4, 0.5) is 4.79 Å². The lowest BCUT2D eigenvalue weighted by atomic mass is 9.84. The van der Waals surface area contributed by atoms with Gasteiger partial charge in [0.05, 0.1) is 12.0 Å². The van der Waals surface area contributed by atoms with Crippen LogP contribution in [0.3, 0.4) is 0 Å². The van der Waals surface area contributed by atoms with Gasteiger partial charge in [-0.3, -0.25) is 4.79 Å². The first-order valence-corrected chi connectivity index (χ1v) is 7.84.